The molecule has 8 nitrogen and oxygen atoms in total. The van der Waals surface area contributed by atoms with Crippen LogP contribution < -0.4 is 20.7 Å². The quantitative estimate of drug-likeness (QED) is 0.691. The molecule has 138 valence electrons. The summed E-state index contributed by atoms with van der Waals surface area (Å²) in [7, 11) is 0. The Kier molecular flexibility index (Phi) is 5.27. The molecule has 0 aliphatic carbocycles. The van der Waals surface area contributed by atoms with E-state index in [0.717, 1.165) is 32.7 Å². The van der Waals surface area contributed by atoms with Gasteiger partial charge in [0.25, 0.3) is 10.9 Å². The summed E-state index contributed by atoms with van der Waals surface area (Å²) in [6.45, 7) is 10.7. The van der Waals surface area contributed by atoms with Crippen molar-refractivity contribution in [2.45, 2.75) is 13.8 Å². The minimum atomic E-state index is -0.391. The zero-order valence-electron chi connectivity index (χ0n) is 15.0. The first-order valence-corrected chi connectivity index (χ1v) is 9.04. The zero-order valence-corrected chi connectivity index (χ0v) is 15.0. The van der Waals surface area contributed by atoms with Crippen LogP contribution in [0.3, 0.4) is 0 Å². The molecule has 0 radical (unpaired) electrons. The number of piperazine rings is 2. The number of ether oxygens (including phenoxy) is 1. The van der Waals surface area contributed by atoms with Gasteiger partial charge in [-0.1, -0.05) is 6.92 Å². The molecule has 1 aromatic carbocycles. The number of likely N-dealkylation sites (N-methyl/N-ethyl adjacent to an activating group) is 1. The third kappa shape index (κ3) is 3.35. The van der Waals surface area contributed by atoms with Gasteiger partial charge in [-0.25, -0.2) is 4.79 Å². The molecule has 0 N–H and O–H groups in total. The van der Waals surface area contributed by atoms with Crippen molar-refractivity contribution in [3.05, 3.63) is 20.4 Å². The first-order valence-electron chi connectivity index (χ1n) is 9.04. The number of nitrogens with zero attached hydrogens (tertiary/aromatic N) is 4. The summed E-state index contributed by atoms with van der Waals surface area (Å²) in [5, 5.41) is 0. The van der Waals surface area contributed by atoms with Crippen LogP contribution in [-0.2, 0) is 4.74 Å². The van der Waals surface area contributed by atoms with Gasteiger partial charge in [-0.2, -0.15) is 0 Å². The van der Waals surface area contributed by atoms with Gasteiger partial charge >= 0.3 is 6.09 Å². The molecule has 2 aliphatic heterocycles. The van der Waals surface area contributed by atoms with E-state index >= 15 is 0 Å². The summed E-state index contributed by atoms with van der Waals surface area (Å²) >= 11 is 0. The molecule has 25 heavy (non-hydrogen) atoms. The summed E-state index contributed by atoms with van der Waals surface area (Å²) in [4.78, 5) is 44.1. The number of amides is 1. The predicted molar refractivity (Wildman–Crippen MR) is 96.5 cm³/mol. The fraction of sp³-hybridized carbons (Fsp3) is 0.706. The maximum absolute atomic E-state index is 12.2. The summed E-state index contributed by atoms with van der Waals surface area (Å²) < 4.78 is 5.02. The van der Waals surface area contributed by atoms with Gasteiger partial charge in [0.05, 0.1) is 6.61 Å². The number of carbonyl (C=O) groups is 1. The normalized spacial score (nSPS) is 19.5. The molecule has 0 bridgehead atoms. The summed E-state index contributed by atoms with van der Waals surface area (Å²) in [6.07, 6.45) is -0.317. The van der Waals surface area contributed by atoms with Gasteiger partial charge in [-0.05, 0) is 13.5 Å². The van der Waals surface area contributed by atoms with Crippen molar-refractivity contribution in [1.29, 1.82) is 0 Å². The van der Waals surface area contributed by atoms with Gasteiger partial charge in [0.2, 0.25) is 0 Å². The van der Waals surface area contributed by atoms with Crippen LogP contribution in [0.2, 0.25) is 0 Å². The average molecular weight is 350 g/mol. The molecule has 2 fully saturated rings. The zero-order chi connectivity index (χ0) is 18.0. The summed E-state index contributed by atoms with van der Waals surface area (Å²) in [5.74, 6) is 0. The van der Waals surface area contributed by atoms with Gasteiger partial charge in [-0.3, -0.25) is 9.59 Å². The van der Waals surface area contributed by atoms with Crippen molar-refractivity contribution in [2.24, 2.45) is 0 Å². The van der Waals surface area contributed by atoms with E-state index in [0.29, 0.717) is 44.2 Å². The van der Waals surface area contributed by atoms with E-state index in [4.69, 9.17) is 4.74 Å². The maximum Gasteiger partial charge on any atom is 0.409 e. The molecule has 0 atom stereocenters. The molecule has 1 amide bonds. The van der Waals surface area contributed by atoms with Crippen LogP contribution in [0.25, 0.3) is 0 Å². The molecule has 2 aliphatic rings. The van der Waals surface area contributed by atoms with E-state index in [1.165, 1.54) is 0 Å². The number of hydrogen-bond acceptors (Lipinski definition) is 7. The van der Waals surface area contributed by atoms with Gasteiger partial charge in [-0.15, -0.1) is 0 Å². The SMILES string of the molecule is CCOC(=O)N1CCN(c2c(N3CCN(CC)CC3)c(=O)c2=O)CC1. The lowest BCUT2D eigenvalue weighted by atomic mass is 10.1. The maximum atomic E-state index is 12.2. The first kappa shape index (κ1) is 17.7. The minimum absolute atomic E-state index is 0.317. The number of carbonyl (C=O) groups excluding carboxylic acids is 1. The van der Waals surface area contributed by atoms with Crippen LogP contribution in [0.5, 0.6) is 0 Å². The number of anilines is 2. The lowest BCUT2D eigenvalue weighted by Gasteiger charge is -2.40. The Morgan fingerprint density at radius 1 is 0.840 bits per heavy atom. The van der Waals surface area contributed by atoms with Crippen LogP contribution in [0.4, 0.5) is 16.2 Å². The number of hydrogen-bond donors (Lipinski definition) is 0. The largest absolute Gasteiger partial charge is 0.450 e. The molecule has 0 unspecified atom stereocenters. The molecule has 0 spiro atoms. The fourth-order valence-electron chi connectivity index (χ4n) is 3.57. The van der Waals surface area contributed by atoms with Gasteiger partial charge in [0.1, 0.15) is 11.4 Å². The Hall–Kier alpha value is -2.09. The molecule has 2 heterocycles. The van der Waals surface area contributed by atoms with E-state index in [1.807, 2.05) is 9.80 Å². The van der Waals surface area contributed by atoms with E-state index in [1.54, 1.807) is 11.8 Å². The van der Waals surface area contributed by atoms with Gasteiger partial charge in [0.15, 0.2) is 0 Å². The van der Waals surface area contributed by atoms with Crippen LogP contribution in [0.1, 0.15) is 13.8 Å². The summed E-state index contributed by atoms with van der Waals surface area (Å²) in [6, 6.07) is 0. The third-order valence-electron chi connectivity index (χ3n) is 5.12. The first-order chi connectivity index (χ1) is 12.1. The predicted octanol–water partition coefficient (Wildman–Crippen LogP) is -0.297. The third-order valence-corrected chi connectivity index (χ3v) is 5.12. The van der Waals surface area contributed by atoms with Gasteiger partial charge < -0.3 is 24.3 Å². The molecule has 0 aromatic heterocycles. The van der Waals surface area contributed by atoms with E-state index in [9.17, 15) is 14.4 Å². The molecule has 3 rings (SSSR count). The number of rotatable bonds is 4. The van der Waals surface area contributed by atoms with Crippen LogP contribution >= 0.6 is 0 Å². The Morgan fingerprint density at radius 3 is 1.76 bits per heavy atom. The standard InChI is InChI=1S/C17H26N4O4/c1-3-18-5-7-19(8-6-18)13-14(16(23)15(13)22)20-9-11-21(12-10-20)17(24)25-4-2/h3-12H2,1-2H3. The highest BCUT2D eigenvalue weighted by Crippen LogP contribution is 2.26. The Balaban J connectivity index is 1.67. The molecule has 1 aromatic rings. The van der Waals surface area contributed by atoms with Crippen molar-refractivity contribution in [1.82, 2.24) is 9.80 Å². The van der Waals surface area contributed by atoms with E-state index < -0.39 is 5.43 Å². The van der Waals surface area contributed by atoms with E-state index in [-0.39, 0.29) is 11.5 Å². The lowest BCUT2D eigenvalue weighted by Crippen LogP contribution is -2.56. The smallest absolute Gasteiger partial charge is 0.409 e. The molecule has 0 saturated carbocycles. The Labute approximate surface area is 147 Å². The highest BCUT2D eigenvalue weighted by atomic mass is 16.6. The van der Waals surface area contributed by atoms with Gasteiger partial charge in [0, 0.05) is 52.4 Å². The van der Waals surface area contributed by atoms with Crippen LogP contribution in [0, 0.1) is 0 Å². The second kappa shape index (κ2) is 7.43. The minimum Gasteiger partial charge on any atom is -0.450 e. The molecular formula is C17H26N4O4. The summed E-state index contributed by atoms with van der Waals surface area (Å²) in [5.41, 5.74) is 0.356. The highest BCUT2D eigenvalue weighted by molar-refractivity contribution is 5.77. The lowest BCUT2D eigenvalue weighted by molar-refractivity contribution is 0.105. The molecular weight excluding hydrogens is 324 g/mol. The van der Waals surface area contributed by atoms with Crippen LogP contribution in [0.15, 0.2) is 9.59 Å². The van der Waals surface area contributed by atoms with Crippen molar-refractivity contribution in [2.75, 3.05) is 75.3 Å². The second-order valence-corrected chi connectivity index (χ2v) is 6.45. The second-order valence-electron chi connectivity index (χ2n) is 6.45. The molecule has 8 heteroatoms. The van der Waals surface area contributed by atoms with E-state index in [2.05, 4.69) is 11.8 Å². The monoisotopic (exact) mass is 350 g/mol. The highest BCUT2D eigenvalue weighted by Gasteiger charge is 2.33. The Bertz CT molecular complexity index is 681. The van der Waals surface area contributed by atoms with Crippen LogP contribution in [-0.4, -0.2) is 81.4 Å². The van der Waals surface area contributed by atoms with Crippen molar-refractivity contribution >= 4 is 17.5 Å². The topological polar surface area (TPSA) is 73.4 Å². The Morgan fingerprint density at radius 2 is 1.32 bits per heavy atom. The van der Waals surface area contributed by atoms with Crippen molar-refractivity contribution in [3.8, 4) is 0 Å². The average Bonchev–Trinajstić information content (AvgIpc) is 2.66. The van der Waals surface area contributed by atoms with Crippen molar-refractivity contribution < 1.29 is 9.53 Å². The molecule has 2 saturated heterocycles. The van der Waals surface area contributed by atoms with Crippen molar-refractivity contribution in [3.63, 3.8) is 0 Å². The fourth-order valence-corrected chi connectivity index (χ4v) is 3.57.